The number of nitriles is 1. The van der Waals surface area contributed by atoms with E-state index in [0.717, 1.165) is 0 Å². The molecule has 68 valence electrons. The summed E-state index contributed by atoms with van der Waals surface area (Å²) < 4.78 is 18.2. The molecule has 1 aromatic carbocycles. The van der Waals surface area contributed by atoms with Crippen LogP contribution >= 0.6 is 0 Å². The number of ether oxygens (including phenoxy) is 1. The van der Waals surface area contributed by atoms with Crippen molar-refractivity contribution < 1.29 is 9.13 Å². The molecule has 2 nitrogen and oxygen atoms in total. The van der Waals surface area contributed by atoms with Crippen molar-refractivity contribution in [2.45, 2.75) is 13.3 Å². The second-order valence-corrected chi connectivity index (χ2v) is 2.72. The zero-order valence-electron chi connectivity index (χ0n) is 7.60. The Morgan fingerprint density at radius 2 is 2.23 bits per heavy atom. The van der Waals surface area contributed by atoms with Gasteiger partial charge in [-0.15, -0.1) is 0 Å². The highest BCUT2D eigenvalue weighted by Crippen LogP contribution is 2.25. The molecule has 3 heteroatoms. The Hall–Kier alpha value is -1.56. The lowest BCUT2D eigenvalue weighted by atomic mass is 10.1. The Morgan fingerprint density at radius 3 is 2.77 bits per heavy atom. The van der Waals surface area contributed by atoms with E-state index in [1.54, 1.807) is 19.1 Å². The molecule has 0 N–H and O–H groups in total. The van der Waals surface area contributed by atoms with Crippen molar-refractivity contribution in [1.29, 1.82) is 5.26 Å². The van der Waals surface area contributed by atoms with Gasteiger partial charge in [-0.2, -0.15) is 5.26 Å². The lowest BCUT2D eigenvalue weighted by Crippen LogP contribution is -1.96. The molecule has 0 aliphatic carbocycles. The van der Waals surface area contributed by atoms with Crippen LogP contribution < -0.4 is 4.74 Å². The number of methoxy groups -OCH3 is 1. The number of hydrogen-bond acceptors (Lipinski definition) is 2. The first-order valence-corrected chi connectivity index (χ1v) is 3.89. The summed E-state index contributed by atoms with van der Waals surface area (Å²) in [6.45, 7) is 1.66. The van der Waals surface area contributed by atoms with Gasteiger partial charge in [-0.05, 0) is 12.5 Å². The molecule has 0 saturated carbocycles. The standard InChI is InChI=1S/C10H10FNO/c1-7-3-4-8(5-6-12)10(13-2)9(7)11/h3-4H,5H2,1-2H3. The minimum absolute atomic E-state index is 0.167. The molecular weight excluding hydrogens is 169 g/mol. The van der Waals surface area contributed by atoms with Crippen LogP contribution in [0, 0.1) is 24.1 Å². The normalized spacial score (nSPS) is 9.38. The van der Waals surface area contributed by atoms with Crippen molar-refractivity contribution in [3.8, 4) is 11.8 Å². The van der Waals surface area contributed by atoms with Crippen LogP contribution in [0.4, 0.5) is 4.39 Å². The average molecular weight is 179 g/mol. The van der Waals surface area contributed by atoms with Gasteiger partial charge in [0.1, 0.15) is 0 Å². The van der Waals surface area contributed by atoms with Gasteiger partial charge >= 0.3 is 0 Å². The van der Waals surface area contributed by atoms with Crippen LogP contribution in [-0.4, -0.2) is 7.11 Å². The van der Waals surface area contributed by atoms with Crippen LogP contribution in [0.5, 0.6) is 5.75 Å². The van der Waals surface area contributed by atoms with E-state index in [1.165, 1.54) is 7.11 Å². The number of aryl methyl sites for hydroxylation is 1. The number of rotatable bonds is 2. The van der Waals surface area contributed by atoms with E-state index >= 15 is 0 Å². The quantitative estimate of drug-likeness (QED) is 0.697. The predicted octanol–water partition coefficient (Wildman–Crippen LogP) is 2.21. The fourth-order valence-corrected chi connectivity index (χ4v) is 1.14. The summed E-state index contributed by atoms with van der Waals surface area (Å²) in [6.07, 6.45) is 0.167. The smallest absolute Gasteiger partial charge is 0.168 e. The lowest BCUT2D eigenvalue weighted by Gasteiger charge is -2.08. The minimum Gasteiger partial charge on any atom is -0.493 e. The number of hydrogen-bond donors (Lipinski definition) is 0. The van der Waals surface area contributed by atoms with Gasteiger partial charge in [0.15, 0.2) is 11.6 Å². The number of benzene rings is 1. The van der Waals surface area contributed by atoms with Crippen LogP contribution in [0.1, 0.15) is 11.1 Å². The highest BCUT2D eigenvalue weighted by molar-refractivity contribution is 5.40. The van der Waals surface area contributed by atoms with Gasteiger partial charge < -0.3 is 4.74 Å². The third-order valence-electron chi connectivity index (χ3n) is 1.85. The maximum Gasteiger partial charge on any atom is 0.168 e. The molecule has 0 heterocycles. The third-order valence-corrected chi connectivity index (χ3v) is 1.85. The molecule has 0 fully saturated rings. The molecule has 0 saturated heterocycles. The fourth-order valence-electron chi connectivity index (χ4n) is 1.14. The van der Waals surface area contributed by atoms with Crippen LogP contribution in [0.3, 0.4) is 0 Å². The Bertz CT molecular complexity index is 355. The first kappa shape index (κ1) is 9.53. The second kappa shape index (κ2) is 3.90. The van der Waals surface area contributed by atoms with Gasteiger partial charge in [-0.1, -0.05) is 12.1 Å². The average Bonchev–Trinajstić information content (AvgIpc) is 2.12. The van der Waals surface area contributed by atoms with Crippen molar-refractivity contribution in [2.24, 2.45) is 0 Å². The van der Waals surface area contributed by atoms with Crippen LogP contribution in [-0.2, 0) is 6.42 Å². The van der Waals surface area contributed by atoms with E-state index < -0.39 is 0 Å². The van der Waals surface area contributed by atoms with Crippen LogP contribution in [0.25, 0.3) is 0 Å². The Morgan fingerprint density at radius 1 is 1.54 bits per heavy atom. The summed E-state index contributed by atoms with van der Waals surface area (Å²) >= 11 is 0. The summed E-state index contributed by atoms with van der Waals surface area (Å²) in [5, 5.41) is 8.47. The van der Waals surface area contributed by atoms with E-state index in [9.17, 15) is 4.39 Å². The van der Waals surface area contributed by atoms with E-state index in [4.69, 9.17) is 10.00 Å². The first-order chi connectivity index (χ1) is 6.20. The fraction of sp³-hybridized carbons (Fsp3) is 0.300. The molecule has 1 aromatic rings. The molecule has 0 spiro atoms. The van der Waals surface area contributed by atoms with Crippen molar-refractivity contribution in [3.05, 3.63) is 29.1 Å². The van der Waals surface area contributed by atoms with Gasteiger partial charge in [-0.3, -0.25) is 0 Å². The molecule has 0 radical (unpaired) electrons. The number of nitrogens with zero attached hydrogens (tertiary/aromatic N) is 1. The topological polar surface area (TPSA) is 33.0 Å². The van der Waals surface area contributed by atoms with Crippen LogP contribution in [0.15, 0.2) is 12.1 Å². The molecule has 0 aliphatic heterocycles. The highest BCUT2D eigenvalue weighted by atomic mass is 19.1. The third kappa shape index (κ3) is 1.78. The Balaban J connectivity index is 3.23. The molecule has 1 rings (SSSR count). The molecular formula is C10H10FNO. The van der Waals surface area contributed by atoms with Crippen molar-refractivity contribution in [2.75, 3.05) is 7.11 Å². The van der Waals surface area contributed by atoms with Crippen molar-refractivity contribution >= 4 is 0 Å². The van der Waals surface area contributed by atoms with Crippen molar-refractivity contribution in [1.82, 2.24) is 0 Å². The number of halogens is 1. The highest BCUT2D eigenvalue weighted by Gasteiger charge is 2.10. The summed E-state index contributed by atoms with van der Waals surface area (Å²) in [5.74, 6) is -0.197. The molecule has 0 aromatic heterocycles. The Kier molecular flexibility index (Phi) is 2.86. The summed E-state index contributed by atoms with van der Waals surface area (Å²) in [6, 6.07) is 5.31. The van der Waals surface area contributed by atoms with E-state index in [-0.39, 0.29) is 18.0 Å². The SMILES string of the molecule is COc1c(CC#N)ccc(C)c1F. The van der Waals surface area contributed by atoms with Gasteiger partial charge in [0.05, 0.1) is 19.6 Å². The predicted molar refractivity (Wildman–Crippen MR) is 47.0 cm³/mol. The summed E-state index contributed by atoms with van der Waals surface area (Å²) in [5.41, 5.74) is 1.12. The maximum absolute atomic E-state index is 13.4. The molecule has 0 bridgehead atoms. The van der Waals surface area contributed by atoms with Gasteiger partial charge in [0, 0.05) is 5.56 Å². The largest absolute Gasteiger partial charge is 0.493 e. The van der Waals surface area contributed by atoms with E-state index in [1.807, 2.05) is 6.07 Å². The summed E-state index contributed by atoms with van der Waals surface area (Å²) in [7, 11) is 1.40. The Labute approximate surface area is 76.6 Å². The van der Waals surface area contributed by atoms with E-state index in [0.29, 0.717) is 11.1 Å². The molecule has 0 amide bonds. The zero-order valence-corrected chi connectivity index (χ0v) is 7.60. The molecule has 0 unspecified atom stereocenters. The maximum atomic E-state index is 13.4. The minimum atomic E-state index is -0.379. The first-order valence-electron chi connectivity index (χ1n) is 3.89. The summed E-state index contributed by atoms with van der Waals surface area (Å²) in [4.78, 5) is 0. The van der Waals surface area contributed by atoms with Gasteiger partial charge in [-0.25, -0.2) is 4.39 Å². The molecule has 13 heavy (non-hydrogen) atoms. The monoisotopic (exact) mass is 179 g/mol. The van der Waals surface area contributed by atoms with Gasteiger partial charge in [0.2, 0.25) is 0 Å². The molecule has 0 atom stereocenters. The molecule has 0 aliphatic rings. The van der Waals surface area contributed by atoms with Gasteiger partial charge in [0.25, 0.3) is 0 Å². The second-order valence-electron chi connectivity index (χ2n) is 2.72. The van der Waals surface area contributed by atoms with Crippen LogP contribution in [0.2, 0.25) is 0 Å². The van der Waals surface area contributed by atoms with E-state index in [2.05, 4.69) is 0 Å². The zero-order chi connectivity index (χ0) is 9.84. The van der Waals surface area contributed by atoms with Crippen molar-refractivity contribution in [3.63, 3.8) is 0 Å². The lowest BCUT2D eigenvalue weighted by molar-refractivity contribution is 0.381.